The Kier molecular flexibility index (Phi) is 3.35. The summed E-state index contributed by atoms with van der Waals surface area (Å²) in [6, 6.07) is 10.4. The Labute approximate surface area is 98.1 Å². The fraction of sp³-hybridized carbons (Fsp3) is 0.0769. The highest BCUT2D eigenvalue weighted by Crippen LogP contribution is 2.19. The zero-order valence-electron chi connectivity index (χ0n) is 9.08. The van der Waals surface area contributed by atoms with Crippen LogP contribution < -0.4 is 11.1 Å². The molecule has 0 radical (unpaired) electrons. The van der Waals surface area contributed by atoms with Crippen LogP contribution in [0.3, 0.4) is 0 Å². The van der Waals surface area contributed by atoms with Gasteiger partial charge in [-0.25, -0.2) is 8.78 Å². The van der Waals surface area contributed by atoms with Crippen LogP contribution in [-0.2, 0) is 6.54 Å². The molecule has 0 heterocycles. The van der Waals surface area contributed by atoms with Gasteiger partial charge in [0.25, 0.3) is 0 Å². The molecule has 2 rings (SSSR count). The summed E-state index contributed by atoms with van der Waals surface area (Å²) in [7, 11) is 0. The van der Waals surface area contributed by atoms with Gasteiger partial charge in [-0.05, 0) is 48.0 Å². The number of benzene rings is 2. The maximum atomic E-state index is 13.2. The highest BCUT2D eigenvalue weighted by molar-refractivity contribution is 5.60. The minimum Gasteiger partial charge on any atom is -0.355 e. The van der Waals surface area contributed by atoms with Crippen LogP contribution in [-0.4, -0.2) is 0 Å². The van der Waals surface area contributed by atoms with Gasteiger partial charge in [-0.1, -0.05) is 0 Å². The van der Waals surface area contributed by atoms with Crippen LogP contribution in [0.4, 0.5) is 20.2 Å². The van der Waals surface area contributed by atoms with Gasteiger partial charge in [-0.3, -0.25) is 0 Å². The van der Waals surface area contributed by atoms with E-state index in [-0.39, 0.29) is 18.2 Å². The van der Waals surface area contributed by atoms with Crippen molar-refractivity contribution in [3.05, 3.63) is 59.7 Å². The molecule has 0 unspecified atom stereocenters. The molecule has 2 aromatic carbocycles. The highest BCUT2D eigenvalue weighted by Gasteiger charge is 2.00. The third-order valence-electron chi connectivity index (χ3n) is 2.33. The second-order valence-corrected chi connectivity index (χ2v) is 3.68. The van der Waals surface area contributed by atoms with Gasteiger partial charge in [-0.2, -0.15) is 0 Å². The van der Waals surface area contributed by atoms with Gasteiger partial charge >= 0.3 is 0 Å². The quantitative estimate of drug-likeness (QED) is 0.856. The molecule has 0 aliphatic carbocycles. The first-order valence-electron chi connectivity index (χ1n) is 5.19. The molecule has 0 amide bonds. The summed E-state index contributed by atoms with van der Waals surface area (Å²) < 4.78 is 25.9. The number of hydrogen-bond acceptors (Lipinski definition) is 2. The Morgan fingerprint density at radius 2 is 1.59 bits per heavy atom. The van der Waals surface area contributed by atoms with Crippen molar-refractivity contribution in [3.8, 4) is 0 Å². The number of halogens is 2. The van der Waals surface area contributed by atoms with Gasteiger partial charge in [0.2, 0.25) is 0 Å². The van der Waals surface area contributed by atoms with Crippen LogP contribution in [0.1, 0.15) is 5.56 Å². The van der Waals surface area contributed by atoms with E-state index in [9.17, 15) is 8.78 Å². The van der Waals surface area contributed by atoms with E-state index in [4.69, 9.17) is 5.73 Å². The van der Waals surface area contributed by atoms with Crippen LogP contribution >= 0.6 is 0 Å². The van der Waals surface area contributed by atoms with Gasteiger partial charge in [0.15, 0.2) is 0 Å². The lowest BCUT2D eigenvalue weighted by atomic mass is 10.2. The molecule has 0 aromatic heterocycles. The standard InChI is InChI=1S/C13H12F2N2/c14-10-1-3-12(4-2-10)17-13-6-9(8-16)5-11(15)7-13/h1-7,17H,8,16H2. The highest BCUT2D eigenvalue weighted by atomic mass is 19.1. The van der Waals surface area contributed by atoms with Crippen LogP contribution in [0, 0.1) is 11.6 Å². The average molecular weight is 234 g/mol. The monoisotopic (exact) mass is 234 g/mol. The van der Waals surface area contributed by atoms with Crippen LogP contribution in [0.5, 0.6) is 0 Å². The van der Waals surface area contributed by atoms with Gasteiger partial charge in [0, 0.05) is 17.9 Å². The Hall–Kier alpha value is -1.94. The summed E-state index contributed by atoms with van der Waals surface area (Å²) in [6.45, 7) is 0.274. The third-order valence-corrected chi connectivity index (χ3v) is 2.33. The zero-order chi connectivity index (χ0) is 12.3. The topological polar surface area (TPSA) is 38.0 Å². The molecule has 2 aromatic rings. The molecule has 17 heavy (non-hydrogen) atoms. The van der Waals surface area contributed by atoms with Crippen molar-refractivity contribution in [2.75, 3.05) is 5.32 Å². The Morgan fingerprint density at radius 1 is 0.882 bits per heavy atom. The molecular weight excluding hydrogens is 222 g/mol. The molecule has 0 saturated carbocycles. The summed E-state index contributed by atoms with van der Waals surface area (Å²) >= 11 is 0. The Bertz CT molecular complexity index is 509. The summed E-state index contributed by atoms with van der Waals surface area (Å²) in [4.78, 5) is 0. The number of nitrogens with two attached hydrogens (primary N) is 1. The van der Waals surface area contributed by atoms with Crippen molar-refractivity contribution in [1.29, 1.82) is 0 Å². The van der Waals surface area contributed by atoms with Crippen LogP contribution in [0.25, 0.3) is 0 Å². The lowest BCUT2D eigenvalue weighted by molar-refractivity contribution is 0.625. The molecular formula is C13H12F2N2. The number of hydrogen-bond donors (Lipinski definition) is 2. The van der Waals surface area contributed by atoms with Crippen molar-refractivity contribution in [2.45, 2.75) is 6.54 Å². The fourth-order valence-corrected chi connectivity index (χ4v) is 1.54. The zero-order valence-corrected chi connectivity index (χ0v) is 9.08. The summed E-state index contributed by atoms with van der Waals surface area (Å²) in [5, 5.41) is 2.98. The van der Waals surface area contributed by atoms with E-state index in [1.807, 2.05) is 0 Å². The molecule has 2 nitrogen and oxygen atoms in total. The van der Waals surface area contributed by atoms with E-state index in [1.165, 1.54) is 24.3 Å². The van der Waals surface area contributed by atoms with E-state index in [0.29, 0.717) is 16.9 Å². The molecule has 0 aliphatic rings. The largest absolute Gasteiger partial charge is 0.355 e. The number of anilines is 2. The van der Waals surface area contributed by atoms with Gasteiger partial charge in [0.05, 0.1) is 0 Å². The minimum atomic E-state index is -0.349. The lowest BCUT2D eigenvalue weighted by Crippen LogP contribution is -1.99. The van der Waals surface area contributed by atoms with Crippen molar-refractivity contribution in [1.82, 2.24) is 0 Å². The second kappa shape index (κ2) is 4.93. The first-order valence-corrected chi connectivity index (χ1v) is 5.19. The maximum Gasteiger partial charge on any atom is 0.125 e. The summed E-state index contributed by atoms with van der Waals surface area (Å²) in [5.41, 5.74) is 7.45. The van der Waals surface area contributed by atoms with E-state index < -0.39 is 0 Å². The van der Waals surface area contributed by atoms with Crippen LogP contribution in [0.15, 0.2) is 42.5 Å². The number of rotatable bonds is 3. The van der Waals surface area contributed by atoms with Crippen molar-refractivity contribution in [2.24, 2.45) is 5.73 Å². The predicted molar refractivity (Wildman–Crippen MR) is 64.0 cm³/mol. The molecule has 4 heteroatoms. The first kappa shape index (κ1) is 11.5. The van der Waals surface area contributed by atoms with E-state index in [1.54, 1.807) is 18.2 Å². The average Bonchev–Trinajstić information content (AvgIpc) is 2.31. The van der Waals surface area contributed by atoms with E-state index in [0.717, 1.165) is 0 Å². The Balaban J connectivity index is 2.23. The molecule has 0 atom stereocenters. The van der Waals surface area contributed by atoms with Crippen molar-refractivity contribution < 1.29 is 8.78 Å². The predicted octanol–water partition coefficient (Wildman–Crippen LogP) is 3.17. The molecule has 0 fully saturated rings. The van der Waals surface area contributed by atoms with Crippen molar-refractivity contribution >= 4 is 11.4 Å². The fourth-order valence-electron chi connectivity index (χ4n) is 1.54. The molecule has 0 bridgehead atoms. The second-order valence-electron chi connectivity index (χ2n) is 3.68. The van der Waals surface area contributed by atoms with Gasteiger partial charge in [-0.15, -0.1) is 0 Å². The molecule has 0 saturated heterocycles. The normalized spacial score (nSPS) is 10.3. The summed E-state index contributed by atoms with van der Waals surface area (Å²) in [6.07, 6.45) is 0. The molecule has 88 valence electrons. The van der Waals surface area contributed by atoms with E-state index in [2.05, 4.69) is 5.32 Å². The molecule has 0 spiro atoms. The number of nitrogens with one attached hydrogen (secondary N) is 1. The smallest absolute Gasteiger partial charge is 0.125 e. The van der Waals surface area contributed by atoms with E-state index >= 15 is 0 Å². The molecule has 3 N–H and O–H groups in total. The summed E-state index contributed by atoms with van der Waals surface area (Å²) in [5.74, 6) is -0.657. The first-order chi connectivity index (χ1) is 8.17. The minimum absolute atomic E-state index is 0.274. The van der Waals surface area contributed by atoms with Crippen LogP contribution in [0.2, 0.25) is 0 Å². The lowest BCUT2D eigenvalue weighted by Gasteiger charge is -2.08. The van der Waals surface area contributed by atoms with Gasteiger partial charge < -0.3 is 11.1 Å². The molecule has 0 aliphatic heterocycles. The van der Waals surface area contributed by atoms with Gasteiger partial charge in [0.1, 0.15) is 11.6 Å². The van der Waals surface area contributed by atoms with Crippen molar-refractivity contribution in [3.63, 3.8) is 0 Å². The third kappa shape index (κ3) is 3.01. The Morgan fingerprint density at radius 3 is 2.24 bits per heavy atom. The maximum absolute atomic E-state index is 13.2. The SMILES string of the molecule is NCc1cc(F)cc(Nc2ccc(F)cc2)c1.